The van der Waals surface area contributed by atoms with Gasteiger partial charge in [0.1, 0.15) is 0 Å². The number of ether oxygens (including phenoxy) is 2. The van der Waals surface area contributed by atoms with Gasteiger partial charge in [0.25, 0.3) is 0 Å². The minimum absolute atomic E-state index is 0.587. The Bertz CT molecular complexity index is 564. The number of hydrogen-bond donors (Lipinski definition) is 2. The molecule has 2 N–H and O–H groups in total. The Morgan fingerprint density at radius 3 is 2.21 bits per heavy atom. The van der Waals surface area contributed by atoms with Gasteiger partial charge in [0, 0.05) is 18.2 Å². The second kappa shape index (κ2) is 5.67. The summed E-state index contributed by atoms with van der Waals surface area (Å²) in [6, 6.07) is 0.650. The summed E-state index contributed by atoms with van der Waals surface area (Å²) in [5.74, 6) is -6.90. The molecule has 1 aromatic carbocycles. The molecule has 0 radical (unpaired) electrons. The second-order valence-electron chi connectivity index (χ2n) is 3.14. The van der Waals surface area contributed by atoms with Gasteiger partial charge in [0.05, 0.1) is 0 Å². The number of carbonyl (C=O) groups excluding carboxylic acids is 2. The van der Waals surface area contributed by atoms with Gasteiger partial charge in [-0.2, -0.15) is 4.39 Å². The number of carbonyl (C=O) groups is 2. The molecule has 0 unspecified atom stereocenters. The smallest absolute Gasteiger partial charge is 0.335 e. The summed E-state index contributed by atoms with van der Waals surface area (Å²) in [4.78, 5) is 21.9. The van der Waals surface area contributed by atoms with Gasteiger partial charge in [-0.3, -0.25) is 0 Å². The third-order valence-electron chi connectivity index (χ3n) is 1.89. The summed E-state index contributed by atoms with van der Waals surface area (Å²) in [5, 5.41) is 18.9. The van der Waals surface area contributed by atoms with Crippen molar-refractivity contribution in [1.29, 1.82) is 0 Å². The summed E-state index contributed by atoms with van der Waals surface area (Å²) in [6.45, 7) is 6.20. The van der Waals surface area contributed by atoms with Crippen LogP contribution in [-0.2, 0) is 9.59 Å². The summed E-state index contributed by atoms with van der Waals surface area (Å²) in [6.07, 6.45) is 1.51. The largest absolute Gasteiger partial charge is 0.505 e. The van der Waals surface area contributed by atoms with E-state index in [1.54, 1.807) is 0 Å². The molecule has 0 atom stereocenters. The van der Waals surface area contributed by atoms with E-state index < -0.39 is 40.8 Å². The summed E-state index contributed by atoms with van der Waals surface area (Å²) < 4.78 is 22.4. The molecule has 0 bridgehead atoms. The molecule has 7 heteroatoms. The van der Waals surface area contributed by atoms with Crippen molar-refractivity contribution < 1.29 is 33.7 Å². The minimum atomic E-state index is -1.38. The quantitative estimate of drug-likeness (QED) is 0.371. The average molecular weight is 268 g/mol. The van der Waals surface area contributed by atoms with Crippen LogP contribution in [0.5, 0.6) is 23.0 Å². The number of phenols is 2. The fraction of sp³-hybridized carbons (Fsp3) is 0. The highest BCUT2D eigenvalue weighted by molar-refractivity contribution is 5.86. The number of halogens is 1. The fourth-order valence-corrected chi connectivity index (χ4v) is 1.05. The molecule has 1 aromatic rings. The lowest BCUT2D eigenvalue weighted by Crippen LogP contribution is -2.07. The molecule has 100 valence electrons. The van der Waals surface area contributed by atoms with E-state index >= 15 is 0 Å². The van der Waals surface area contributed by atoms with Crippen LogP contribution in [0, 0.1) is 5.82 Å². The van der Waals surface area contributed by atoms with Crippen molar-refractivity contribution in [3.05, 3.63) is 37.2 Å². The van der Waals surface area contributed by atoms with Crippen LogP contribution in [0.3, 0.4) is 0 Å². The molecular formula is C12H9FO6. The van der Waals surface area contributed by atoms with Crippen molar-refractivity contribution >= 4 is 11.9 Å². The van der Waals surface area contributed by atoms with E-state index in [1.165, 1.54) is 0 Å². The zero-order valence-corrected chi connectivity index (χ0v) is 9.55. The highest BCUT2D eigenvalue weighted by atomic mass is 19.1. The number of aromatic hydroxyl groups is 2. The van der Waals surface area contributed by atoms with Gasteiger partial charge in [0.2, 0.25) is 17.3 Å². The predicted molar refractivity (Wildman–Crippen MR) is 61.4 cm³/mol. The number of benzene rings is 1. The molecule has 0 spiro atoms. The number of phenolic OH excluding ortho intramolecular Hbond substituents is 2. The van der Waals surface area contributed by atoms with Gasteiger partial charge in [-0.1, -0.05) is 13.2 Å². The van der Waals surface area contributed by atoms with Crippen molar-refractivity contribution in [2.75, 3.05) is 0 Å². The van der Waals surface area contributed by atoms with E-state index in [4.69, 9.17) is 0 Å². The Morgan fingerprint density at radius 2 is 1.68 bits per heavy atom. The zero-order valence-electron chi connectivity index (χ0n) is 9.55. The Morgan fingerprint density at radius 1 is 1.16 bits per heavy atom. The van der Waals surface area contributed by atoms with Crippen LogP contribution in [-0.4, -0.2) is 22.2 Å². The zero-order chi connectivity index (χ0) is 14.6. The first-order valence-corrected chi connectivity index (χ1v) is 4.83. The normalized spacial score (nSPS) is 9.53. The molecule has 19 heavy (non-hydrogen) atoms. The molecule has 1 rings (SSSR count). The highest BCUT2D eigenvalue weighted by Crippen LogP contribution is 2.43. The number of esters is 2. The van der Waals surface area contributed by atoms with Crippen molar-refractivity contribution in [2.45, 2.75) is 0 Å². The third-order valence-corrected chi connectivity index (χ3v) is 1.89. The van der Waals surface area contributed by atoms with Crippen LogP contribution in [0.15, 0.2) is 31.4 Å². The molecule has 0 aliphatic carbocycles. The van der Waals surface area contributed by atoms with Gasteiger partial charge in [-0.25, -0.2) is 9.59 Å². The monoisotopic (exact) mass is 268 g/mol. The molecular weight excluding hydrogens is 259 g/mol. The second-order valence-corrected chi connectivity index (χ2v) is 3.14. The Labute approximate surface area is 107 Å². The molecule has 0 heterocycles. The number of hydrogen-bond acceptors (Lipinski definition) is 6. The van der Waals surface area contributed by atoms with Crippen LogP contribution in [0.4, 0.5) is 4.39 Å². The maximum Gasteiger partial charge on any atom is 0.335 e. The van der Waals surface area contributed by atoms with E-state index in [0.717, 1.165) is 12.2 Å². The standard InChI is InChI=1S/C12H9FO6/c1-3-8(15)18-7-5-6(14)10(13)12(11(7)17)19-9(16)4-2/h3-5,14,17H,1-2H2. The first-order valence-electron chi connectivity index (χ1n) is 4.83. The molecule has 0 aromatic heterocycles. The van der Waals surface area contributed by atoms with Crippen LogP contribution in [0.25, 0.3) is 0 Å². The first kappa shape index (κ1) is 14.2. The average Bonchev–Trinajstić information content (AvgIpc) is 2.40. The lowest BCUT2D eigenvalue weighted by molar-refractivity contribution is -0.129. The molecule has 0 aliphatic rings. The molecule has 6 nitrogen and oxygen atoms in total. The van der Waals surface area contributed by atoms with E-state index in [0.29, 0.717) is 6.07 Å². The lowest BCUT2D eigenvalue weighted by Gasteiger charge is -2.10. The Balaban J connectivity index is 3.29. The fourth-order valence-electron chi connectivity index (χ4n) is 1.05. The van der Waals surface area contributed by atoms with Crippen molar-refractivity contribution in [2.24, 2.45) is 0 Å². The molecule has 0 amide bonds. The number of rotatable bonds is 4. The Kier molecular flexibility index (Phi) is 4.25. The van der Waals surface area contributed by atoms with Crippen molar-refractivity contribution in [3.63, 3.8) is 0 Å². The maximum absolute atomic E-state index is 13.5. The van der Waals surface area contributed by atoms with E-state index in [1.807, 2.05) is 0 Å². The van der Waals surface area contributed by atoms with Crippen LogP contribution >= 0.6 is 0 Å². The summed E-state index contributed by atoms with van der Waals surface area (Å²) in [7, 11) is 0. The van der Waals surface area contributed by atoms with Crippen molar-refractivity contribution in [1.82, 2.24) is 0 Å². The topological polar surface area (TPSA) is 93.1 Å². The van der Waals surface area contributed by atoms with Crippen molar-refractivity contribution in [3.8, 4) is 23.0 Å². The maximum atomic E-state index is 13.5. The lowest BCUT2D eigenvalue weighted by atomic mass is 10.2. The van der Waals surface area contributed by atoms with Gasteiger partial charge >= 0.3 is 11.9 Å². The summed E-state index contributed by atoms with van der Waals surface area (Å²) >= 11 is 0. The van der Waals surface area contributed by atoms with Gasteiger partial charge in [-0.05, 0) is 0 Å². The summed E-state index contributed by atoms with van der Waals surface area (Å²) in [5.41, 5.74) is 0. The van der Waals surface area contributed by atoms with Crippen LogP contribution < -0.4 is 9.47 Å². The van der Waals surface area contributed by atoms with Gasteiger partial charge < -0.3 is 19.7 Å². The molecule has 0 fully saturated rings. The molecule has 0 aliphatic heterocycles. The first-order chi connectivity index (χ1) is 8.90. The van der Waals surface area contributed by atoms with E-state index in [9.17, 15) is 24.2 Å². The van der Waals surface area contributed by atoms with Gasteiger partial charge in [-0.15, -0.1) is 0 Å². The highest BCUT2D eigenvalue weighted by Gasteiger charge is 2.23. The SMILES string of the molecule is C=CC(=O)Oc1cc(O)c(F)c(OC(=O)C=C)c1O. The predicted octanol–water partition coefficient (Wildman–Crippen LogP) is 1.42. The van der Waals surface area contributed by atoms with Gasteiger partial charge in [0.15, 0.2) is 11.5 Å². The van der Waals surface area contributed by atoms with Crippen LogP contribution in [0.2, 0.25) is 0 Å². The molecule has 0 saturated heterocycles. The van der Waals surface area contributed by atoms with Crippen LogP contribution in [0.1, 0.15) is 0 Å². The minimum Gasteiger partial charge on any atom is -0.505 e. The third kappa shape index (κ3) is 3.09. The van der Waals surface area contributed by atoms with E-state index in [2.05, 4.69) is 22.6 Å². The Hall–Kier alpha value is -2.83. The van der Waals surface area contributed by atoms with E-state index in [-0.39, 0.29) is 0 Å². The molecule has 0 saturated carbocycles.